The highest BCUT2D eigenvalue weighted by molar-refractivity contribution is 6.31. The smallest absolute Gasteiger partial charge is 0.124 e. The summed E-state index contributed by atoms with van der Waals surface area (Å²) in [7, 11) is 1.62. The van der Waals surface area contributed by atoms with Crippen LogP contribution in [0.2, 0.25) is 5.02 Å². The molecule has 4 heteroatoms. The van der Waals surface area contributed by atoms with Crippen molar-refractivity contribution in [1.29, 1.82) is 0 Å². The first-order valence-corrected chi connectivity index (χ1v) is 5.02. The summed E-state index contributed by atoms with van der Waals surface area (Å²) >= 11 is 12.2. The highest BCUT2D eigenvalue weighted by Crippen LogP contribution is 2.42. The van der Waals surface area contributed by atoms with Crippen LogP contribution in [0.5, 0.6) is 5.75 Å². The molecule has 0 amide bonds. The number of halogens is 2. The second kappa shape index (κ2) is 3.61. The Bertz CT molecular complexity index is 348. The van der Waals surface area contributed by atoms with E-state index in [4.69, 9.17) is 32.7 Å². The van der Waals surface area contributed by atoms with Crippen molar-refractivity contribution < 1.29 is 9.47 Å². The number of rotatable bonds is 2. The van der Waals surface area contributed by atoms with Gasteiger partial charge in [-0.25, -0.2) is 0 Å². The molecule has 0 radical (unpaired) electrons. The molecule has 2 nitrogen and oxygen atoms in total. The fraction of sp³-hybridized carbons (Fsp3) is 0.400. The zero-order valence-corrected chi connectivity index (χ0v) is 9.23. The Morgan fingerprint density at radius 3 is 2.64 bits per heavy atom. The lowest BCUT2D eigenvalue weighted by Crippen LogP contribution is -2.41. The van der Waals surface area contributed by atoms with Crippen molar-refractivity contribution >= 4 is 23.2 Å². The minimum absolute atomic E-state index is 0.462. The molecular formula is C10H10Cl2O2. The van der Waals surface area contributed by atoms with E-state index in [9.17, 15) is 0 Å². The first kappa shape index (κ1) is 10.1. The molecule has 1 aliphatic rings. The molecule has 0 aliphatic carbocycles. The minimum atomic E-state index is -0.462. The highest BCUT2D eigenvalue weighted by Gasteiger charge is 2.40. The lowest BCUT2D eigenvalue weighted by atomic mass is 9.95. The predicted octanol–water partition coefficient (Wildman–Crippen LogP) is 2.81. The van der Waals surface area contributed by atoms with E-state index >= 15 is 0 Å². The SMILES string of the molecule is COc1ccc(Cl)cc1C1(Cl)COC1. The number of methoxy groups -OCH3 is 1. The summed E-state index contributed by atoms with van der Waals surface area (Å²) in [4.78, 5) is -0.462. The molecule has 0 atom stereocenters. The van der Waals surface area contributed by atoms with Gasteiger partial charge in [-0.15, -0.1) is 11.6 Å². The van der Waals surface area contributed by atoms with Crippen molar-refractivity contribution in [2.45, 2.75) is 4.87 Å². The van der Waals surface area contributed by atoms with Gasteiger partial charge in [-0.3, -0.25) is 0 Å². The number of hydrogen-bond acceptors (Lipinski definition) is 2. The summed E-state index contributed by atoms with van der Waals surface area (Å²) < 4.78 is 10.3. The van der Waals surface area contributed by atoms with Gasteiger partial charge >= 0.3 is 0 Å². The van der Waals surface area contributed by atoms with Crippen LogP contribution < -0.4 is 4.74 Å². The Morgan fingerprint density at radius 1 is 1.43 bits per heavy atom. The third-order valence-electron chi connectivity index (χ3n) is 2.31. The number of ether oxygens (including phenoxy) is 2. The number of alkyl halides is 1. The summed E-state index contributed by atoms with van der Waals surface area (Å²) in [6.07, 6.45) is 0. The molecule has 0 unspecified atom stereocenters. The Labute approximate surface area is 92.7 Å². The van der Waals surface area contributed by atoms with Crippen LogP contribution in [0, 0.1) is 0 Å². The first-order chi connectivity index (χ1) is 6.65. The lowest BCUT2D eigenvalue weighted by Gasteiger charge is -2.36. The fourth-order valence-electron chi connectivity index (χ4n) is 1.47. The first-order valence-electron chi connectivity index (χ1n) is 4.26. The largest absolute Gasteiger partial charge is 0.496 e. The van der Waals surface area contributed by atoms with Crippen molar-refractivity contribution in [2.24, 2.45) is 0 Å². The van der Waals surface area contributed by atoms with Gasteiger partial charge in [-0.05, 0) is 18.2 Å². The average molecular weight is 233 g/mol. The lowest BCUT2D eigenvalue weighted by molar-refractivity contribution is -0.0161. The van der Waals surface area contributed by atoms with Gasteiger partial charge in [-0.1, -0.05) is 11.6 Å². The third-order valence-corrected chi connectivity index (χ3v) is 2.96. The van der Waals surface area contributed by atoms with Crippen LogP contribution >= 0.6 is 23.2 Å². The second-order valence-corrected chi connectivity index (χ2v) is 4.46. The van der Waals surface area contributed by atoms with Crippen molar-refractivity contribution in [3.8, 4) is 5.75 Å². The summed E-state index contributed by atoms with van der Waals surface area (Å²) in [6, 6.07) is 5.43. The van der Waals surface area contributed by atoms with Crippen LogP contribution in [0.25, 0.3) is 0 Å². The summed E-state index contributed by atoms with van der Waals surface area (Å²) in [5.41, 5.74) is 0.903. The topological polar surface area (TPSA) is 18.5 Å². The molecule has 0 saturated carbocycles. The molecule has 1 aliphatic heterocycles. The van der Waals surface area contributed by atoms with E-state index in [0.717, 1.165) is 11.3 Å². The summed E-state index contributed by atoms with van der Waals surface area (Å²) in [6.45, 7) is 1.01. The van der Waals surface area contributed by atoms with Crippen molar-refractivity contribution in [1.82, 2.24) is 0 Å². The van der Waals surface area contributed by atoms with E-state index in [1.54, 1.807) is 13.2 Å². The van der Waals surface area contributed by atoms with Crippen LogP contribution in [-0.2, 0) is 9.61 Å². The summed E-state index contributed by atoms with van der Waals surface area (Å²) in [5, 5.41) is 0.660. The Kier molecular flexibility index (Phi) is 2.60. The van der Waals surface area contributed by atoms with Crippen molar-refractivity contribution in [3.63, 3.8) is 0 Å². The van der Waals surface area contributed by atoms with Gasteiger partial charge < -0.3 is 9.47 Å². The second-order valence-electron chi connectivity index (χ2n) is 3.30. The van der Waals surface area contributed by atoms with Gasteiger partial charge in [0.15, 0.2) is 0 Å². The molecule has 0 bridgehead atoms. The molecular weight excluding hydrogens is 223 g/mol. The zero-order valence-electron chi connectivity index (χ0n) is 7.72. The van der Waals surface area contributed by atoms with Gasteiger partial charge in [0.1, 0.15) is 10.6 Å². The predicted molar refractivity (Wildman–Crippen MR) is 56.4 cm³/mol. The average Bonchev–Trinajstić information content (AvgIpc) is 2.14. The molecule has 0 aromatic heterocycles. The van der Waals surface area contributed by atoms with Crippen LogP contribution in [0.1, 0.15) is 5.56 Å². The van der Waals surface area contributed by atoms with Crippen LogP contribution in [0.15, 0.2) is 18.2 Å². The summed E-state index contributed by atoms with van der Waals surface area (Å²) in [5.74, 6) is 0.757. The Hall–Kier alpha value is -0.440. The number of benzene rings is 1. The molecule has 1 aromatic carbocycles. The van der Waals surface area contributed by atoms with Gasteiger partial charge in [-0.2, -0.15) is 0 Å². The van der Waals surface area contributed by atoms with Crippen molar-refractivity contribution in [3.05, 3.63) is 28.8 Å². The van der Waals surface area contributed by atoms with Gasteiger partial charge in [0.05, 0.1) is 20.3 Å². The van der Waals surface area contributed by atoms with E-state index < -0.39 is 4.87 Å². The Balaban J connectivity index is 2.43. The minimum Gasteiger partial charge on any atom is -0.496 e. The highest BCUT2D eigenvalue weighted by atomic mass is 35.5. The van der Waals surface area contributed by atoms with E-state index in [1.807, 2.05) is 12.1 Å². The molecule has 0 N–H and O–H groups in total. The van der Waals surface area contributed by atoms with Crippen molar-refractivity contribution in [2.75, 3.05) is 20.3 Å². The van der Waals surface area contributed by atoms with E-state index in [-0.39, 0.29) is 0 Å². The van der Waals surface area contributed by atoms with E-state index in [0.29, 0.717) is 18.2 Å². The molecule has 2 rings (SSSR count). The van der Waals surface area contributed by atoms with Crippen LogP contribution in [-0.4, -0.2) is 20.3 Å². The Morgan fingerprint density at radius 2 is 2.14 bits per heavy atom. The molecule has 1 aromatic rings. The van der Waals surface area contributed by atoms with Crippen LogP contribution in [0.4, 0.5) is 0 Å². The molecule has 14 heavy (non-hydrogen) atoms. The van der Waals surface area contributed by atoms with Gasteiger partial charge in [0, 0.05) is 10.6 Å². The molecule has 1 fully saturated rings. The maximum absolute atomic E-state index is 6.33. The molecule has 0 spiro atoms. The van der Waals surface area contributed by atoms with E-state index in [2.05, 4.69) is 0 Å². The molecule has 1 heterocycles. The maximum Gasteiger partial charge on any atom is 0.124 e. The maximum atomic E-state index is 6.33. The van der Waals surface area contributed by atoms with Gasteiger partial charge in [0.2, 0.25) is 0 Å². The third kappa shape index (κ3) is 1.58. The normalized spacial score (nSPS) is 18.8. The fourth-order valence-corrected chi connectivity index (χ4v) is 1.94. The zero-order chi connectivity index (χ0) is 10.2. The van der Waals surface area contributed by atoms with Gasteiger partial charge in [0.25, 0.3) is 0 Å². The standard InChI is InChI=1S/C10H10Cl2O2/c1-13-9-3-2-7(11)4-8(9)10(12)5-14-6-10/h2-4H,5-6H2,1H3. The van der Waals surface area contributed by atoms with E-state index in [1.165, 1.54) is 0 Å². The molecule has 76 valence electrons. The molecule has 1 saturated heterocycles. The monoisotopic (exact) mass is 232 g/mol. The quantitative estimate of drug-likeness (QED) is 0.731. The number of hydrogen-bond donors (Lipinski definition) is 0. The van der Waals surface area contributed by atoms with Crippen LogP contribution in [0.3, 0.4) is 0 Å².